The second-order valence-corrected chi connectivity index (χ2v) is 3.10. The van der Waals surface area contributed by atoms with Gasteiger partial charge in [0.15, 0.2) is 0 Å². The fraction of sp³-hybridized carbons (Fsp3) is 0.778. The average Bonchev–Trinajstić information content (AvgIpc) is 1.85. The summed E-state index contributed by atoms with van der Waals surface area (Å²) in [6.07, 6.45) is 7.17. The molecule has 1 heteroatoms. The summed E-state index contributed by atoms with van der Waals surface area (Å²) in [7, 11) is 0. The molecule has 58 valence electrons. The Morgan fingerprint density at radius 2 is 2.20 bits per heavy atom. The summed E-state index contributed by atoms with van der Waals surface area (Å²) >= 11 is 0. The highest BCUT2D eigenvalue weighted by Gasteiger charge is 2.25. The van der Waals surface area contributed by atoms with Crippen molar-refractivity contribution in [3.05, 3.63) is 12.2 Å². The minimum absolute atomic E-state index is 0.561. The molecule has 10 heavy (non-hydrogen) atoms. The van der Waals surface area contributed by atoms with Gasteiger partial charge in [0.2, 0.25) is 0 Å². The first-order chi connectivity index (χ1) is 4.83. The molecular weight excluding hydrogens is 124 g/mol. The van der Waals surface area contributed by atoms with Crippen LogP contribution in [0.15, 0.2) is 12.2 Å². The van der Waals surface area contributed by atoms with Crippen LogP contribution in [-0.4, -0.2) is 12.7 Å². The number of ether oxygens (including phenoxy) is 1. The van der Waals surface area contributed by atoms with Crippen LogP contribution in [0.4, 0.5) is 0 Å². The Kier molecular flexibility index (Phi) is 2.94. The van der Waals surface area contributed by atoms with Crippen LogP contribution in [0.3, 0.4) is 0 Å². The Morgan fingerprint density at radius 1 is 1.50 bits per heavy atom. The van der Waals surface area contributed by atoms with Gasteiger partial charge in [-0.3, -0.25) is 0 Å². The predicted molar refractivity (Wildman–Crippen MR) is 43.0 cm³/mol. The first-order valence-corrected chi connectivity index (χ1v) is 4.05. The first-order valence-electron chi connectivity index (χ1n) is 4.05. The van der Waals surface area contributed by atoms with E-state index >= 15 is 0 Å². The summed E-state index contributed by atoms with van der Waals surface area (Å²) in [5.74, 6) is 0.899. The van der Waals surface area contributed by atoms with Crippen molar-refractivity contribution in [2.75, 3.05) is 6.61 Å². The molecule has 0 amide bonds. The highest BCUT2D eigenvalue weighted by atomic mass is 16.5. The smallest absolute Gasteiger partial charge is 0.0651 e. The molecule has 0 aliphatic heterocycles. The number of hydrogen-bond acceptors (Lipinski definition) is 1. The Balaban J connectivity index is 1.95. The zero-order valence-electron chi connectivity index (χ0n) is 6.84. The lowest BCUT2D eigenvalue weighted by molar-refractivity contribution is -0.0114. The molecule has 0 saturated heterocycles. The lowest BCUT2D eigenvalue weighted by atomic mass is 9.84. The van der Waals surface area contributed by atoms with Crippen LogP contribution >= 0.6 is 0 Å². The molecule has 0 aromatic heterocycles. The molecule has 0 bridgehead atoms. The lowest BCUT2D eigenvalue weighted by Crippen LogP contribution is -2.29. The molecular formula is C9H16O. The molecule has 1 rings (SSSR count). The van der Waals surface area contributed by atoms with E-state index in [1.54, 1.807) is 0 Å². The minimum Gasteiger partial charge on any atom is -0.374 e. The standard InChI is InChI=1S/C9H16O/c1-3-4-5-10-9-6-8(2)7-9/h3-4,8-9H,5-7H2,1-2H3/b4-3+. The molecule has 1 aliphatic rings. The third-order valence-electron chi connectivity index (χ3n) is 1.99. The maximum atomic E-state index is 5.50. The first kappa shape index (κ1) is 7.80. The van der Waals surface area contributed by atoms with Crippen LogP contribution < -0.4 is 0 Å². The van der Waals surface area contributed by atoms with E-state index in [9.17, 15) is 0 Å². The van der Waals surface area contributed by atoms with E-state index < -0.39 is 0 Å². The van der Waals surface area contributed by atoms with Crippen LogP contribution in [0, 0.1) is 5.92 Å². The second kappa shape index (κ2) is 3.77. The van der Waals surface area contributed by atoms with Gasteiger partial charge in [0.05, 0.1) is 12.7 Å². The lowest BCUT2D eigenvalue weighted by Gasteiger charge is -2.31. The van der Waals surface area contributed by atoms with Gasteiger partial charge in [-0.2, -0.15) is 0 Å². The van der Waals surface area contributed by atoms with Crippen molar-refractivity contribution in [3.8, 4) is 0 Å². The quantitative estimate of drug-likeness (QED) is 0.547. The Morgan fingerprint density at radius 3 is 2.70 bits per heavy atom. The summed E-state index contributed by atoms with van der Waals surface area (Å²) in [6, 6.07) is 0. The van der Waals surface area contributed by atoms with Crippen LogP contribution in [-0.2, 0) is 4.74 Å². The summed E-state index contributed by atoms with van der Waals surface area (Å²) in [5.41, 5.74) is 0. The fourth-order valence-corrected chi connectivity index (χ4v) is 1.25. The largest absolute Gasteiger partial charge is 0.374 e. The summed E-state index contributed by atoms with van der Waals surface area (Å²) in [6.45, 7) is 5.09. The van der Waals surface area contributed by atoms with E-state index in [2.05, 4.69) is 13.0 Å². The van der Waals surface area contributed by atoms with Crippen LogP contribution in [0.2, 0.25) is 0 Å². The van der Waals surface area contributed by atoms with Crippen molar-refractivity contribution in [1.82, 2.24) is 0 Å². The summed E-state index contributed by atoms with van der Waals surface area (Å²) in [5, 5.41) is 0. The minimum atomic E-state index is 0.561. The summed E-state index contributed by atoms with van der Waals surface area (Å²) in [4.78, 5) is 0. The van der Waals surface area contributed by atoms with E-state index in [1.807, 2.05) is 13.0 Å². The van der Waals surface area contributed by atoms with Crippen molar-refractivity contribution in [3.63, 3.8) is 0 Å². The van der Waals surface area contributed by atoms with Crippen molar-refractivity contribution >= 4 is 0 Å². The van der Waals surface area contributed by atoms with E-state index in [0.717, 1.165) is 12.5 Å². The summed E-state index contributed by atoms with van der Waals surface area (Å²) < 4.78 is 5.50. The molecule has 1 saturated carbocycles. The molecule has 0 spiro atoms. The van der Waals surface area contributed by atoms with Crippen molar-refractivity contribution in [1.29, 1.82) is 0 Å². The molecule has 1 nitrogen and oxygen atoms in total. The molecule has 1 fully saturated rings. The molecule has 0 aromatic carbocycles. The van der Waals surface area contributed by atoms with Gasteiger partial charge in [0.25, 0.3) is 0 Å². The Bertz CT molecular complexity index is 112. The van der Waals surface area contributed by atoms with Gasteiger partial charge >= 0.3 is 0 Å². The molecule has 0 radical (unpaired) electrons. The zero-order chi connectivity index (χ0) is 7.40. The van der Waals surface area contributed by atoms with Crippen molar-refractivity contribution in [2.45, 2.75) is 32.8 Å². The van der Waals surface area contributed by atoms with Crippen LogP contribution in [0.25, 0.3) is 0 Å². The monoisotopic (exact) mass is 140 g/mol. The van der Waals surface area contributed by atoms with Crippen LogP contribution in [0.5, 0.6) is 0 Å². The van der Waals surface area contributed by atoms with E-state index in [0.29, 0.717) is 6.10 Å². The zero-order valence-corrected chi connectivity index (χ0v) is 6.84. The number of hydrogen-bond donors (Lipinski definition) is 0. The topological polar surface area (TPSA) is 9.23 Å². The maximum absolute atomic E-state index is 5.50. The van der Waals surface area contributed by atoms with Crippen LogP contribution in [0.1, 0.15) is 26.7 Å². The van der Waals surface area contributed by atoms with Gasteiger partial charge in [0, 0.05) is 0 Å². The molecule has 0 N–H and O–H groups in total. The maximum Gasteiger partial charge on any atom is 0.0651 e. The van der Waals surface area contributed by atoms with Gasteiger partial charge in [-0.15, -0.1) is 0 Å². The number of rotatable bonds is 3. The Hall–Kier alpha value is -0.300. The second-order valence-electron chi connectivity index (χ2n) is 3.10. The number of allylic oxidation sites excluding steroid dienone is 1. The highest BCUT2D eigenvalue weighted by Crippen LogP contribution is 2.28. The van der Waals surface area contributed by atoms with Crippen molar-refractivity contribution in [2.24, 2.45) is 5.92 Å². The predicted octanol–water partition coefficient (Wildman–Crippen LogP) is 2.38. The Labute approximate surface area is 63.1 Å². The average molecular weight is 140 g/mol. The van der Waals surface area contributed by atoms with E-state index in [4.69, 9.17) is 4.74 Å². The highest BCUT2D eigenvalue weighted by molar-refractivity contribution is 4.80. The van der Waals surface area contributed by atoms with Gasteiger partial charge in [-0.25, -0.2) is 0 Å². The third kappa shape index (κ3) is 2.14. The van der Waals surface area contributed by atoms with Crippen molar-refractivity contribution < 1.29 is 4.74 Å². The van der Waals surface area contributed by atoms with E-state index in [-0.39, 0.29) is 0 Å². The molecule has 0 unspecified atom stereocenters. The molecule has 0 atom stereocenters. The molecule has 0 aromatic rings. The van der Waals surface area contributed by atoms with Gasteiger partial charge in [-0.1, -0.05) is 19.1 Å². The van der Waals surface area contributed by atoms with Gasteiger partial charge in [0.1, 0.15) is 0 Å². The molecule has 0 heterocycles. The van der Waals surface area contributed by atoms with Gasteiger partial charge in [-0.05, 0) is 25.7 Å². The third-order valence-corrected chi connectivity index (χ3v) is 1.99. The van der Waals surface area contributed by atoms with Gasteiger partial charge < -0.3 is 4.74 Å². The SMILES string of the molecule is C/C=C/COC1CC(C)C1. The molecule has 1 aliphatic carbocycles. The fourth-order valence-electron chi connectivity index (χ4n) is 1.25. The van der Waals surface area contributed by atoms with E-state index in [1.165, 1.54) is 12.8 Å². The normalized spacial score (nSPS) is 32.6.